The van der Waals surface area contributed by atoms with E-state index in [0.717, 1.165) is 0 Å². The predicted molar refractivity (Wildman–Crippen MR) is 73.5 cm³/mol. The molecule has 1 fully saturated rings. The number of rotatable bonds is 3. The Morgan fingerprint density at radius 2 is 2.38 bits per heavy atom. The lowest BCUT2D eigenvalue weighted by Crippen LogP contribution is -2.41. The highest BCUT2D eigenvalue weighted by molar-refractivity contribution is 5.70. The maximum absolute atomic E-state index is 11.7. The molecule has 1 aliphatic rings. The zero-order valence-electron chi connectivity index (χ0n) is 11.3. The summed E-state index contributed by atoms with van der Waals surface area (Å²) < 4.78 is 7.14. The van der Waals surface area contributed by atoms with Gasteiger partial charge in [-0.05, 0) is 6.42 Å². The van der Waals surface area contributed by atoms with Crippen molar-refractivity contribution in [2.24, 2.45) is 5.92 Å². The van der Waals surface area contributed by atoms with Gasteiger partial charge in [-0.25, -0.2) is 4.98 Å². The van der Waals surface area contributed by atoms with Gasteiger partial charge in [0.25, 0.3) is 5.56 Å². The van der Waals surface area contributed by atoms with Crippen LogP contribution in [0.1, 0.15) is 6.42 Å². The standard InChI is InChI=1S/C12H17N5O4/c13-12-15-10-9(11(20)16-12)14-5-17(10)2-6-1-7(19)8(3-18)21-4-6/h5-8,18-19H,1-4H2,(H3,13,15,16,20)/t6-,7+,8-/m1/s1. The molecule has 0 amide bonds. The van der Waals surface area contributed by atoms with Crippen LogP contribution in [-0.2, 0) is 11.3 Å². The monoisotopic (exact) mass is 295 g/mol. The number of hydrogen-bond acceptors (Lipinski definition) is 7. The SMILES string of the molecule is Nc1nc2c(ncn2C[C@@H]2CO[C@H](CO)[C@@H](O)C2)c(=O)[nH]1. The molecule has 0 bridgehead atoms. The number of ether oxygens (including phenoxy) is 1. The van der Waals surface area contributed by atoms with Crippen LogP contribution >= 0.6 is 0 Å². The maximum atomic E-state index is 11.7. The third kappa shape index (κ3) is 2.62. The lowest BCUT2D eigenvalue weighted by molar-refractivity contribution is -0.118. The van der Waals surface area contributed by atoms with E-state index in [1.165, 1.54) is 6.33 Å². The number of hydrogen-bond donors (Lipinski definition) is 4. The number of nitrogens with one attached hydrogen (secondary N) is 1. The molecule has 1 saturated heterocycles. The maximum Gasteiger partial charge on any atom is 0.280 e. The van der Waals surface area contributed by atoms with E-state index < -0.39 is 12.2 Å². The average Bonchev–Trinajstić information content (AvgIpc) is 2.82. The van der Waals surface area contributed by atoms with Crippen molar-refractivity contribution in [3.8, 4) is 0 Å². The number of aromatic amines is 1. The van der Waals surface area contributed by atoms with Crippen molar-refractivity contribution in [3.05, 3.63) is 16.7 Å². The first-order chi connectivity index (χ1) is 10.1. The molecule has 2 aromatic rings. The lowest BCUT2D eigenvalue weighted by atomic mass is 9.96. The molecule has 3 atom stereocenters. The Hall–Kier alpha value is -1.97. The Labute approximate surface area is 119 Å². The summed E-state index contributed by atoms with van der Waals surface area (Å²) in [6.07, 6.45) is 0.794. The van der Waals surface area contributed by atoms with Crippen LogP contribution in [-0.4, -0.2) is 55.2 Å². The van der Waals surface area contributed by atoms with E-state index >= 15 is 0 Å². The van der Waals surface area contributed by atoms with Gasteiger partial charge in [0.15, 0.2) is 11.2 Å². The van der Waals surface area contributed by atoms with Crippen molar-refractivity contribution < 1.29 is 14.9 Å². The van der Waals surface area contributed by atoms with E-state index in [1.807, 2.05) is 0 Å². The molecular weight excluding hydrogens is 278 g/mol. The van der Waals surface area contributed by atoms with Crippen molar-refractivity contribution in [2.45, 2.75) is 25.2 Å². The highest BCUT2D eigenvalue weighted by Crippen LogP contribution is 2.22. The van der Waals surface area contributed by atoms with E-state index in [1.54, 1.807) is 4.57 Å². The summed E-state index contributed by atoms with van der Waals surface area (Å²) in [5.74, 6) is 0.0806. The first kappa shape index (κ1) is 14.0. The first-order valence-electron chi connectivity index (χ1n) is 6.69. The fourth-order valence-electron chi connectivity index (χ4n) is 2.62. The van der Waals surface area contributed by atoms with Gasteiger partial charge in [0.05, 0.1) is 25.6 Å². The fourth-order valence-corrected chi connectivity index (χ4v) is 2.62. The van der Waals surface area contributed by atoms with Gasteiger partial charge in [-0.2, -0.15) is 4.98 Å². The van der Waals surface area contributed by atoms with Gasteiger partial charge < -0.3 is 25.3 Å². The Morgan fingerprint density at radius 1 is 1.57 bits per heavy atom. The molecule has 5 N–H and O–H groups in total. The molecule has 0 aliphatic carbocycles. The molecule has 0 spiro atoms. The molecule has 21 heavy (non-hydrogen) atoms. The summed E-state index contributed by atoms with van der Waals surface area (Å²) in [4.78, 5) is 22.2. The second kappa shape index (κ2) is 5.43. The number of aliphatic hydroxyl groups is 2. The molecule has 0 radical (unpaired) electrons. The number of nitrogen functional groups attached to an aromatic ring is 1. The van der Waals surface area contributed by atoms with Gasteiger partial charge >= 0.3 is 0 Å². The topological polar surface area (TPSA) is 139 Å². The Kier molecular flexibility index (Phi) is 3.62. The average molecular weight is 295 g/mol. The van der Waals surface area contributed by atoms with Crippen LogP contribution in [0.4, 0.5) is 5.95 Å². The number of anilines is 1. The molecule has 0 aromatic carbocycles. The third-order valence-electron chi connectivity index (χ3n) is 3.68. The largest absolute Gasteiger partial charge is 0.394 e. The molecule has 114 valence electrons. The van der Waals surface area contributed by atoms with Crippen molar-refractivity contribution >= 4 is 17.1 Å². The Balaban J connectivity index is 1.81. The van der Waals surface area contributed by atoms with E-state index in [9.17, 15) is 9.90 Å². The minimum atomic E-state index is -0.704. The zero-order valence-corrected chi connectivity index (χ0v) is 11.3. The fraction of sp³-hybridized carbons (Fsp3) is 0.583. The van der Waals surface area contributed by atoms with Crippen molar-refractivity contribution in [3.63, 3.8) is 0 Å². The van der Waals surface area contributed by atoms with Gasteiger partial charge in [-0.3, -0.25) is 9.78 Å². The number of aromatic nitrogens is 4. The summed E-state index contributed by atoms with van der Waals surface area (Å²) in [5, 5.41) is 18.9. The first-order valence-corrected chi connectivity index (χ1v) is 6.69. The van der Waals surface area contributed by atoms with Crippen molar-refractivity contribution in [1.29, 1.82) is 0 Å². The summed E-state index contributed by atoms with van der Waals surface area (Å²) in [5.41, 5.74) is 5.81. The molecule has 9 heteroatoms. The minimum Gasteiger partial charge on any atom is -0.394 e. The van der Waals surface area contributed by atoms with E-state index in [4.69, 9.17) is 15.6 Å². The van der Waals surface area contributed by atoms with Gasteiger partial charge in [0, 0.05) is 12.5 Å². The lowest BCUT2D eigenvalue weighted by Gasteiger charge is -2.32. The predicted octanol–water partition coefficient (Wildman–Crippen LogP) is -1.54. The highest BCUT2D eigenvalue weighted by atomic mass is 16.5. The second-order valence-corrected chi connectivity index (χ2v) is 5.24. The van der Waals surface area contributed by atoms with Crippen LogP contribution in [0, 0.1) is 5.92 Å². The molecule has 1 aliphatic heterocycles. The Bertz CT molecular complexity index is 697. The number of imidazole rings is 1. The van der Waals surface area contributed by atoms with Crippen LogP contribution in [0.3, 0.4) is 0 Å². The summed E-state index contributed by atoms with van der Waals surface area (Å²) >= 11 is 0. The number of nitrogens with two attached hydrogens (primary N) is 1. The van der Waals surface area contributed by atoms with Crippen LogP contribution < -0.4 is 11.3 Å². The number of nitrogens with zero attached hydrogens (tertiary/aromatic N) is 3. The quantitative estimate of drug-likeness (QED) is 0.538. The number of fused-ring (bicyclic) bond motifs is 1. The third-order valence-corrected chi connectivity index (χ3v) is 3.68. The van der Waals surface area contributed by atoms with E-state index in [-0.39, 0.29) is 29.5 Å². The molecular formula is C12H17N5O4. The summed E-state index contributed by atoms with van der Waals surface area (Å²) in [6.45, 7) is 0.720. The number of aliphatic hydroxyl groups excluding tert-OH is 2. The smallest absolute Gasteiger partial charge is 0.280 e. The van der Waals surface area contributed by atoms with Crippen LogP contribution in [0.5, 0.6) is 0 Å². The molecule has 2 aromatic heterocycles. The van der Waals surface area contributed by atoms with Gasteiger partial charge in [0.2, 0.25) is 5.95 Å². The Morgan fingerprint density at radius 3 is 3.10 bits per heavy atom. The van der Waals surface area contributed by atoms with E-state index in [2.05, 4.69) is 15.0 Å². The van der Waals surface area contributed by atoms with Crippen LogP contribution in [0.15, 0.2) is 11.1 Å². The van der Waals surface area contributed by atoms with E-state index in [0.29, 0.717) is 25.2 Å². The summed E-state index contributed by atoms with van der Waals surface area (Å²) in [7, 11) is 0. The van der Waals surface area contributed by atoms with Crippen molar-refractivity contribution in [2.75, 3.05) is 18.9 Å². The van der Waals surface area contributed by atoms with Gasteiger partial charge in [-0.1, -0.05) is 0 Å². The molecule has 0 unspecified atom stereocenters. The van der Waals surface area contributed by atoms with Crippen molar-refractivity contribution in [1.82, 2.24) is 19.5 Å². The molecule has 0 saturated carbocycles. The zero-order chi connectivity index (χ0) is 15.0. The molecule has 3 heterocycles. The molecule has 9 nitrogen and oxygen atoms in total. The second-order valence-electron chi connectivity index (χ2n) is 5.24. The van der Waals surface area contributed by atoms with Gasteiger partial charge in [-0.15, -0.1) is 0 Å². The summed E-state index contributed by atoms with van der Waals surface area (Å²) in [6, 6.07) is 0. The normalized spacial score (nSPS) is 26.3. The minimum absolute atomic E-state index is 0.0366. The van der Waals surface area contributed by atoms with Crippen LogP contribution in [0.2, 0.25) is 0 Å². The van der Waals surface area contributed by atoms with Crippen LogP contribution in [0.25, 0.3) is 11.2 Å². The highest BCUT2D eigenvalue weighted by Gasteiger charge is 2.30. The van der Waals surface area contributed by atoms with Gasteiger partial charge in [0.1, 0.15) is 6.10 Å². The molecule has 3 rings (SSSR count). The number of H-pyrrole nitrogens is 1.